The van der Waals surface area contributed by atoms with Gasteiger partial charge in [-0.2, -0.15) is 0 Å². The van der Waals surface area contributed by atoms with Crippen LogP contribution in [0.1, 0.15) is 44.2 Å². The SMILES string of the molecule is Cc1ccc(NC(=O)NC[C@@H](C)N2CCCC[C@H]2C)cc1C. The number of nitrogens with zero attached hydrogens (tertiary/aromatic N) is 1. The molecule has 2 amide bonds. The van der Waals surface area contributed by atoms with Crippen LogP contribution in [0.4, 0.5) is 10.5 Å². The molecule has 22 heavy (non-hydrogen) atoms. The molecule has 4 heteroatoms. The monoisotopic (exact) mass is 303 g/mol. The smallest absolute Gasteiger partial charge is 0.319 e. The summed E-state index contributed by atoms with van der Waals surface area (Å²) in [7, 11) is 0. The Kier molecular flexibility index (Phi) is 5.83. The highest BCUT2D eigenvalue weighted by Crippen LogP contribution is 2.18. The van der Waals surface area contributed by atoms with Crippen LogP contribution in [0.15, 0.2) is 18.2 Å². The summed E-state index contributed by atoms with van der Waals surface area (Å²) in [6.07, 6.45) is 3.85. The van der Waals surface area contributed by atoms with Crippen LogP contribution in [0.3, 0.4) is 0 Å². The molecule has 2 atom stereocenters. The number of hydrogen-bond donors (Lipinski definition) is 2. The van der Waals surface area contributed by atoms with Gasteiger partial charge < -0.3 is 10.6 Å². The van der Waals surface area contributed by atoms with Crippen molar-refractivity contribution < 1.29 is 4.79 Å². The Bertz CT molecular complexity index is 515. The molecule has 1 aliphatic heterocycles. The Morgan fingerprint density at radius 2 is 2.09 bits per heavy atom. The van der Waals surface area contributed by atoms with Gasteiger partial charge in [0.1, 0.15) is 0 Å². The highest BCUT2D eigenvalue weighted by atomic mass is 16.2. The molecule has 0 aliphatic carbocycles. The summed E-state index contributed by atoms with van der Waals surface area (Å²) >= 11 is 0. The minimum atomic E-state index is -0.125. The fourth-order valence-electron chi connectivity index (χ4n) is 3.13. The van der Waals surface area contributed by atoms with Crippen molar-refractivity contribution in [2.75, 3.05) is 18.4 Å². The van der Waals surface area contributed by atoms with Crippen molar-refractivity contribution in [2.24, 2.45) is 0 Å². The van der Waals surface area contributed by atoms with E-state index in [9.17, 15) is 4.79 Å². The van der Waals surface area contributed by atoms with Crippen LogP contribution in [-0.2, 0) is 0 Å². The molecule has 0 saturated carbocycles. The number of aryl methyl sites for hydroxylation is 2. The predicted molar refractivity (Wildman–Crippen MR) is 92.4 cm³/mol. The number of piperidine rings is 1. The largest absolute Gasteiger partial charge is 0.336 e. The van der Waals surface area contributed by atoms with Gasteiger partial charge in [-0.25, -0.2) is 4.79 Å². The van der Waals surface area contributed by atoms with Gasteiger partial charge in [-0.15, -0.1) is 0 Å². The van der Waals surface area contributed by atoms with Gasteiger partial charge in [0.05, 0.1) is 0 Å². The van der Waals surface area contributed by atoms with E-state index in [4.69, 9.17) is 0 Å². The molecule has 122 valence electrons. The molecule has 0 unspecified atom stereocenters. The maximum absolute atomic E-state index is 12.0. The lowest BCUT2D eigenvalue weighted by molar-refractivity contribution is 0.114. The number of benzene rings is 1. The van der Waals surface area contributed by atoms with Gasteiger partial charge in [0.2, 0.25) is 0 Å². The first-order valence-electron chi connectivity index (χ1n) is 8.35. The zero-order valence-corrected chi connectivity index (χ0v) is 14.3. The van der Waals surface area contributed by atoms with Gasteiger partial charge in [-0.05, 0) is 70.3 Å². The Morgan fingerprint density at radius 3 is 2.77 bits per heavy atom. The van der Waals surface area contributed by atoms with Crippen molar-refractivity contribution >= 4 is 11.7 Å². The quantitative estimate of drug-likeness (QED) is 0.891. The van der Waals surface area contributed by atoms with E-state index in [1.807, 2.05) is 18.2 Å². The zero-order chi connectivity index (χ0) is 16.1. The van der Waals surface area contributed by atoms with E-state index >= 15 is 0 Å². The molecule has 1 heterocycles. The average molecular weight is 303 g/mol. The summed E-state index contributed by atoms with van der Waals surface area (Å²) < 4.78 is 0. The molecular weight excluding hydrogens is 274 g/mol. The number of urea groups is 1. The Labute approximate surface area is 134 Å². The molecule has 2 rings (SSSR count). The predicted octanol–water partition coefficient (Wildman–Crippen LogP) is 3.69. The third-order valence-electron chi connectivity index (χ3n) is 4.74. The van der Waals surface area contributed by atoms with E-state index in [1.54, 1.807) is 0 Å². The first kappa shape index (κ1) is 16.8. The third-order valence-corrected chi connectivity index (χ3v) is 4.74. The van der Waals surface area contributed by atoms with Crippen LogP contribution in [-0.4, -0.2) is 36.1 Å². The lowest BCUT2D eigenvalue weighted by atomic mass is 10.0. The number of hydrogen-bond acceptors (Lipinski definition) is 2. The number of likely N-dealkylation sites (tertiary alicyclic amines) is 1. The molecule has 1 aliphatic rings. The van der Waals surface area contributed by atoms with Crippen LogP contribution in [0.5, 0.6) is 0 Å². The van der Waals surface area contributed by atoms with Gasteiger partial charge in [-0.1, -0.05) is 12.5 Å². The molecule has 0 spiro atoms. The summed E-state index contributed by atoms with van der Waals surface area (Å²) in [6, 6.07) is 6.85. The minimum Gasteiger partial charge on any atom is -0.336 e. The summed E-state index contributed by atoms with van der Waals surface area (Å²) in [5.74, 6) is 0. The highest BCUT2D eigenvalue weighted by molar-refractivity contribution is 5.89. The molecule has 0 radical (unpaired) electrons. The molecule has 0 bridgehead atoms. The van der Waals surface area contributed by atoms with Crippen molar-refractivity contribution in [1.29, 1.82) is 0 Å². The van der Waals surface area contributed by atoms with Gasteiger partial charge in [-0.3, -0.25) is 4.90 Å². The minimum absolute atomic E-state index is 0.125. The molecule has 4 nitrogen and oxygen atoms in total. The molecule has 1 saturated heterocycles. The second-order valence-electron chi connectivity index (χ2n) is 6.57. The molecule has 2 N–H and O–H groups in total. The number of anilines is 1. The van der Waals surface area contributed by atoms with Crippen molar-refractivity contribution in [3.63, 3.8) is 0 Å². The van der Waals surface area contributed by atoms with Gasteiger partial charge in [0.25, 0.3) is 0 Å². The highest BCUT2D eigenvalue weighted by Gasteiger charge is 2.23. The fourth-order valence-corrected chi connectivity index (χ4v) is 3.13. The van der Waals surface area contributed by atoms with Crippen LogP contribution in [0.2, 0.25) is 0 Å². The third kappa shape index (κ3) is 4.47. The van der Waals surface area contributed by atoms with Gasteiger partial charge in [0.15, 0.2) is 0 Å². The average Bonchev–Trinajstić information content (AvgIpc) is 2.49. The summed E-state index contributed by atoms with van der Waals surface area (Å²) in [5.41, 5.74) is 3.27. The van der Waals surface area contributed by atoms with Crippen LogP contribution in [0.25, 0.3) is 0 Å². The molecule has 1 fully saturated rings. The van der Waals surface area contributed by atoms with Crippen LogP contribution >= 0.6 is 0 Å². The molecule has 1 aromatic carbocycles. The normalized spacial score (nSPS) is 20.5. The van der Waals surface area contributed by atoms with Crippen LogP contribution in [0, 0.1) is 13.8 Å². The number of rotatable bonds is 4. The lowest BCUT2D eigenvalue weighted by Crippen LogP contribution is -2.49. The Balaban J connectivity index is 1.80. The van der Waals surface area contributed by atoms with Gasteiger partial charge in [0, 0.05) is 24.3 Å². The summed E-state index contributed by atoms with van der Waals surface area (Å²) in [4.78, 5) is 14.5. The molecule has 1 aromatic rings. The van der Waals surface area contributed by atoms with Crippen molar-refractivity contribution in [1.82, 2.24) is 10.2 Å². The lowest BCUT2D eigenvalue weighted by Gasteiger charge is -2.38. The first-order valence-corrected chi connectivity index (χ1v) is 8.35. The summed E-state index contributed by atoms with van der Waals surface area (Å²) in [5, 5.41) is 5.90. The van der Waals surface area contributed by atoms with E-state index in [2.05, 4.69) is 43.2 Å². The Morgan fingerprint density at radius 1 is 1.32 bits per heavy atom. The number of nitrogens with one attached hydrogen (secondary N) is 2. The number of carbonyl (C=O) groups excluding carboxylic acids is 1. The number of amides is 2. The van der Waals surface area contributed by atoms with E-state index in [0.29, 0.717) is 18.6 Å². The Hall–Kier alpha value is -1.55. The van der Waals surface area contributed by atoms with Crippen molar-refractivity contribution in [3.05, 3.63) is 29.3 Å². The standard InChI is InChI=1S/C18H29N3O/c1-13-8-9-17(11-14(13)2)20-18(22)19-12-16(4)21-10-6-5-7-15(21)3/h8-9,11,15-16H,5-7,10,12H2,1-4H3,(H2,19,20,22)/t15-,16-/m1/s1. The van der Waals surface area contributed by atoms with Crippen molar-refractivity contribution in [2.45, 2.75) is 59.0 Å². The molecular formula is C18H29N3O. The van der Waals surface area contributed by atoms with E-state index in [1.165, 1.54) is 30.4 Å². The first-order chi connectivity index (χ1) is 10.5. The fraction of sp³-hybridized carbons (Fsp3) is 0.611. The van der Waals surface area contributed by atoms with Gasteiger partial charge >= 0.3 is 6.03 Å². The van der Waals surface area contributed by atoms with E-state index in [0.717, 1.165) is 12.2 Å². The van der Waals surface area contributed by atoms with Crippen molar-refractivity contribution in [3.8, 4) is 0 Å². The number of carbonyl (C=O) groups is 1. The molecule has 0 aromatic heterocycles. The van der Waals surface area contributed by atoms with E-state index in [-0.39, 0.29) is 6.03 Å². The van der Waals surface area contributed by atoms with E-state index < -0.39 is 0 Å². The zero-order valence-electron chi connectivity index (χ0n) is 14.3. The second-order valence-corrected chi connectivity index (χ2v) is 6.57. The topological polar surface area (TPSA) is 44.4 Å². The second kappa shape index (κ2) is 7.63. The maximum atomic E-state index is 12.0. The maximum Gasteiger partial charge on any atom is 0.319 e. The summed E-state index contributed by atoms with van der Waals surface area (Å²) in [6.45, 7) is 10.4. The van der Waals surface area contributed by atoms with Crippen LogP contribution < -0.4 is 10.6 Å².